The number of rotatable bonds is 5. The smallest absolute Gasteiger partial charge is 0.0300 e. The summed E-state index contributed by atoms with van der Waals surface area (Å²) < 4.78 is 0. The highest BCUT2D eigenvalue weighted by Gasteiger charge is 2.36. The highest BCUT2D eigenvalue weighted by atomic mass is 32.1. The Hall–Kier alpha value is -0.380. The van der Waals surface area contributed by atoms with Crippen molar-refractivity contribution in [1.29, 1.82) is 0 Å². The Bertz CT molecular complexity index is 323. The zero-order chi connectivity index (χ0) is 10.8. The summed E-state index contributed by atoms with van der Waals surface area (Å²) in [6.07, 6.45) is 4.42. The van der Waals surface area contributed by atoms with Crippen molar-refractivity contribution in [3.8, 4) is 0 Å². The average Bonchev–Trinajstić information content (AvgIpc) is 3.01. The largest absolute Gasteiger partial charge is 0.311 e. The maximum atomic E-state index is 3.54. The third-order valence-corrected chi connectivity index (χ3v) is 4.85. The summed E-state index contributed by atoms with van der Waals surface area (Å²) >= 11 is 1.84. The zero-order valence-electron chi connectivity index (χ0n) is 9.69. The molecule has 1 saturated heterocycles. The molecule has 1 aromatic heterocycles. The molecule has 2 aliphatic rings. The van der Waals surface area contributed by atoms with E-state index in [1.807, 2.05) is 11.3 Å². The molecule has 2 unspecified atom stereocenters. The van der Waals surface area contributed by atoms with Gasteiger partial charge >= 0.3 is 0 Å². The molecular weight excluding hydrogens is 216 g/mol. The highest BCUT2D eigenvalue weighted by Crippen LogP contribution is 2.36. The number of hydrogen-bond acceptors (Lipinski definition) is 3. The molecule has 3 heteroatoms. The van der Waals surface area contributed by atoms with Gasteiger partial charge in [0.1, 0.15) is 0 Å². The van der Waals surface area contributed by atoms with Crippen molar-refractivity contribution in [2.24, 2.45) is 5.92 Å². The minimum absolute atomic E-state index is 0.925. The van der Waals surface area contributed by atoms with Gasteiger partial charge in [-0.15, -0.1) is 11.3 Å². The van der Waals surface area contributed by atoms with Crippen LogP contribution in [0.2, 0.25) is 0 Å². The first kappa shape index (κ1) is 10.8. The second-order valence-corrected chi connectivity index (χ2v) is 6.12. The van der Waals surface area contributed by atoms with Crippen LogP contribution in [-0.2, 0) is 6.54 Å². The van der Waals surface area contributed by atoms with E-state index in [0.29, 0.717) is 0 Å². The van der Waals surface area contributed by atoms with Crippen LogP contribution in [0.15, 0.2) is 17.5 Å². The molecule has 3 rings (SSSR count). The molecule has 2 nitrogen and oxygen atoms in total. The molecular formula is C13H20N2S. The summed E-state index contributed by atoms with van der Waals surface area (Å²) in [5, 5.41) is 5.69. The van der Waals surface area contributed by atoms with E-state index in [4.69, 9.17) is 0 Å². The van der Waals surface area contributed by atoms with E-state index >= 15 is 0 Å². The van der Waals surface area contributed by atoms with Crippen LogP contribution in [0.5, 0.6) is 0 Å². The Morgan fingerprint density at radius 1 is 1.44 bits per heavy atom. The number of nitrogens with zero attached hydrogens (tertiary/aromatic N) is 1. The maximum Gasteiger partial charge on any atom is 0.0300 e. The van der Waals surface area contributed by atoms with Gasteiger partial charge < -0.3 is 5.32 Å². The van der Waals surface area contributed by atoms with E-state index in [1.165, 1.54) is 37.2 Å². The number of hydrogen-bond donors (Lipinski definition) is 1. The van der Waals surface area contributed by atoms with E-state index in [2.05, 4.69) is 27.7 Å². The second-order valence-electron chi connectivity index (χ2n) is 5.08. The Morgan fingerprint density at radius 2 is 2.44 bits per heavy atom. The lowest BCUT2D eigenvalue weighted by molar-refractivity contribution is 0.214. The molecule has 2 fully saturated rings. The van der Waals surface area contributed by atoms with Crippen molar-refractivity contribution in [3.63, 3.8) is 0 Å². The van der Waals surface area contributed by atoms with Gasteiger partial charge in [-0.3, -0.25) is 4.90 Å². The molecule has 1 aliphatic carbocycles. The summed E-state index contributed by atoms with van der Waals surface area (Å²) in [6, 6.07) is 5.25. The summed E-state index contributed by atoms with van der Waals surface area (Å²) in [4.78, 5) is 4.14. The predicted molar refractivity (Wildman–Crippen MR) is 68.7 cm³/mol. The molecule has 1 saturated carbocycles. The van der Waals surface area contributed by atoms with Gasteiger partial charge in [0.05, 0.1) is 0 Å². The normalized spacial score (nSPS) is 29.0. The maximum absolute atomic E-state index is 3.54. The standard InChI is InChI=1S/C13H20N2S/c1-2-13(16-7-1)9-14-5-6-15-10-11-3-4-12(15)8-11/h1-2,7,11-12,14H,3-6,8-10H2. The molecule has 0 aromatic carbocycles. The third kappa shape index (κ3) is 2.31. The molecule has 2 heterocycles. The number of fused-ring (bicyclic) bond motifs is 2. The minimum Gasteiger partial charge on any atom is -0.311 e. The van der Waals surface area contributed by atoms with Gasteiger partial charge in [-0.1, -0.05) is 6.07 Å². The fourth-order valence-corrected chi connectivity index (χ4v) is 3.82. The van der Waals surface area contributed by atoms with Crippen LogP contribution in [0.25, 0.3) is 0 Å². The molecule has 0 radical (unpaired) electrons. The van der Waals surface area contributed by atoms with E-state index in [9.17, 15) is 0 Å². The van der Waals surface area contributed by atoms with Gasteiger partial charge in [-0.2, -0.15) is 0 Å². The molecule has 2 bridgehead atoms. The number of likely N-dealkylation sites (tertiary alicyclic amines) is 1. The number of piperidine rings is 1. The van der Waals surface area contributed by atoms with Crippen molar-refractivity contribution in [2.45, 2.75) is 31.8 Å². The molecule has 1 N–H and O–H groups in total. The minimum atomic E-state index is 0.925. The molecule has 16 heavy (non-hydrogen) atoms. The summed E-state index contributed by atoms with van der Waals surface area (Å²) in [5.41, 5.74) is 0. The first-order valence-corrected chi connectivity index (χ1v) is 7.27. The van der Waals surface area contributed by atoms with Crippen molar-refractivity contribution in [2.75, 3.05) is 19.6 Å². The Kier molecular flexibility index (Phi) is 3.27. The third-order valence-electron chi connectivity index (χ3n) is 3.98. The topological polar surface area (TPSA) is 15.3 Å². The molecule has 88 valence electrons. The monoisotopic (exact) mass is 236 g/mol. The summed E-state index contributed by atoms with van der Waals surface area (Å²) in [5.74, 6) is 1.03. The van der Waals surface area contributed by atoms with Crippen molar-refractivity contribution >= 4 is 11.3 Å². The fourth-order valence-electron chi connectivity index (χ4n) is 3.15. The average molecular weight is 236 g/mol. The van der Waals surface area contributed by atoms with Gasteiger partial charge in [0, 0.05) is 37.1 Å². The van der Waals surface area contributed by atoms with Crippen LogP contribution in [0, 0.1) is 5.92 Å². The van der Waals surface area contributed by atoms with Crippen molar-refractivity contribution in [3.05, 3.63) is 22.4 Å². The Labute approximate surface area is 102 Å². The van der Waals surface area contributed by atoms with Gasteiger partial charge in [0.25, 0.3) is 0 Å². The first-order chi connectivity index (χ1) is 7.92. The zero-order valence-corrected chi connectivity index (χ0v) is 10.5. The molecule has 2 atom stereocenters. The molecule has 1 aliphatic heterocycles. The van der Waals surface area contributed by atoms with Gasteiger partial charge in [-0.25, -0.2) is 0 Å². The van der Waals surface area contributed by atoms with Crippen LogP contribution >= 0.6 is 11.3 Å². The van der Waals surface area contributed by atoms with E-state index in [-0.39, 0.29) is 0 Å². The lowest BCUT2D eigenvalue weighted by atomic mass is 10.1. The lowest BCUT2D eigenvalue weighted by Gasteiger charge is -2.26. The van der Waals surface area contributed by atoms with E-state index in [1.54, 1.807) is 0 Å². The van der Waals surface area contributed by atoms with Gasteiger partial charge in [0.2, 0.25) is 0 Å². The highest BCUT2D eigenvalue weighted by molar-refractivity contribution is 7.09. The SMILES string of the molecule is c1csc(CNCCN2CC3CCC2C3)c1. The van der Waals surface area contributed by atoms with E-state index < -0.39 is 0 Å². The van der Waals surface area contributed by atoms with Crippen molar-refractivity contribution in [1.82, 2.24) is 10.2 Å². The van der Waals surface area contributed by atoms with Crippen LogP contribution in [0.3, 0.4) is 0 Å². The Morgan fingerprint density at radius 3 is 3.12 bits per heavy atom. The number of thiophene rings is 1. The van der Waals surface area contributed by atoms with Crippen LogP contribution in [-0.4, -0.2) is 30.6 Å². The lowest BCUT2D eigenvalue weighted by Crippen LogP contribution is -2.37. The first-order valence-electron chi connectivity index (χ1n) is 6.39. The molecule has 0 spiro atoms. The Balaban J connectivity index is 1.35. The van der Waals surface area contributed by atoms with Crippen LogP contribution in [0.1, 0.15) is 24.1 Å². The van der Waals surface area contributed by atoms with E-state index in [0.717, 1.165) is 25.0 Å². The van der Waals surface area contributed by atoms with Crippen LogP contribution < -0.4 is 5.32 Å². The van der Waals surface area contributed by atoms with Gasteiger partial charge in [-0.05, 0) is 36.6 Å². The van der Waals surface area contributed by atoms with Crippen molar-refractivity contribution < 1.29 is 0 Å². The second kappa shape index (κ2) is 4.86. The summed E-state index contributed by atoms with van der Waals surface area (Å²) in [6.45, 7) is 4.79. The fraction of sp³-hybridized carbons (Fsp3) is 0.692. The van der Waals surface area contributed by atoms with Crippen LogP contribution in [0.4, 0.5) is 0 Å². The predicted octanol–water partition coefficient (Wildman–Crippen LogP) is 2.32. The molecule has 0 amide bonds. The molecule has 1 aromatic rings. The van der Waals surface area contributed by atoms with Gasteiger partial charge in [0.15, 0.2) is 0 Å². The summed E-state index contributed by atoms with van der Waals surface area (Å²) in [7, 11) is 0. The number of nitrogens with one attached hydrogen (secondary N) is 1. The quantitative estimate of drug-likeness (QED) is 0.789.